The highest BCUT2D eigenvalue weighted by molar-refractivity contribution is 7.90. The number of methoxy groups -OCH3 is 2. The van der Waals surface area contributed by atoms with E-state index in [2.05, 4.69) is 14.7 Å². The molecule has 0 saturated heterocycles. The first-order valence-electron chi connectivity index (χ1n) is 8.61. The van der Waals surface area contributed by atoms with Crippen molar-refractivity contribution >= 4 is 10.0 Å². The molecule has 1 aliphatic rings. The van der Waals surface area contributed by atoms with Crippen LogP contribution in [0, 0.1) is 5.82 Å². The van der Waals surface area contributed by atoms with Crippen molar-refractivity contribution in [3.8, 4) is 11.5 Å². The molecule has 9 heteroatoms. The van der Waals surface area contributed by atoms with Gasteiger partial charge in [0, 0.05) is 24.1 Å². The monoisotopic (exact) mass is 395 g/mol. The van der Waals surface area contributed by atoms with E-state index in [1.165, 1.54) is 7.11 Å². The van der Waals surface area contributed by atoms with Gasteiger partial charge >= 0.3 is 0 Å². The summed E-state index contributed by atoms with van der Waals surface area (Å²) in [6, 6.07) is 5.21. The van der Waals surface area contributed by atoms with Crippen molar-refractivity contribution in [2.24, 2.45) is 0 Å². The number of benzene rings is 1. The number of aromatic nitrogens is 2. The Morgan fingerprint density at radius 3 is 2.59 bits per heavy atom. The normalized spacial score (nSPS) is 19.8. The topological polar surface area (TPSA) is 90.4 Å². The summed E-state index contributed by atoms with van der Waals surface area (Å²) in [4.78, 5) is 7.95. The molecule has 1 aromatic heterocycles. The van der Waals surface area contributed by atoms with Gasteiger partial charge in [0.2, 0.25) is 10.0 Å². The molecule has 0 radical (unpaired) electrons. The maximum absolute atomic E-state index is 13.1. The van der Waals surface area contributed by atoms with Crippen LogP contribution in [-0.2, 0) is 16.6 Å². The zero-order valence-electron chi connectivity index (χ0n) is 15.2. The fourth-order valence-corrected chi connectivity index (χ4v) is 5.13. The Morgan fingerprint density at radius 2 is 1.93 bits per heavy atom. The molecular weight excluding hydrogens is 373 g/mol. The molecule has 0 aliphatic heterocycles. The van der Waals surface area contributed by atoms with E-state index >= 15 is 0 Å². The molecule has 1 heterocycles. The molecule has 7 nitrogen and oxygen atoms in total. The predicted molar refractivity (Wildman–Crippen MR) is 97.7 cm³/mol. The number of nitrogens with zero attached hydrogens (tertiary/aromatic N) is 2. The molecule has 2 atom stereocenters. The van der Waals surface area contributed by atoms with Crippen molar-refractivity contribution in [1.29, 1.82) is 0 Å². The van der Waals surface area contributed by atoms with Gasteiger partial charge in [0.05, 0.1) is 31.9 Å². The summed E-state index contributed by atoms with van der Waals surface area (Å²) in [6.45, 7) is 0.100. The van der Waals surface area contributed by atoms with Crippen molar-refractivity contribution in [3.05, 3.63) is 47.8 Å². The van der Waals surface area contributed by atoms with Crippen molar-refractivity contribution in [3.63, 3.8) is 0 Å². The quantitative estimate of drug-likeness (QED) is 0.774. The van der Waals surface area contributed by atoms with E-state index in [0.29, 0.717) is 35.7 Å². The molecule has 1 aliphatic carbocycles. The highest BCUT2D eigenvalue weighted by atomic mass is 32.2. The van der Waals surface area contributed by atoms with Gasteiger partial charge in [-0.2, -0.15) is 0 Å². The Labute approximate surface area is 158 Å². The maximum Gasteiger partial charge on any atom is 0.215 e. The van der Waals surface area contributed by atoms with Crippen LogP contribution in [0.15, 0.2) is 30.6 Å². The van der Waals surface area contributed by atoms with E-state index in [1.54, 1.807) is 25.3 Å². The summed E-state index contributed by atoms with van der Waals surface area (Å²) in [5, 5.41) is -0.646. The number of hydrogen-bond donors (Lipinski definition) is 1. The molecule has 0 unspecified atom stereocenters. The zero-order valence-corrected chi connectivity index (χ0v) is 16.0. The Kier molecular flexibility index (Phi) is 5.91. The Morgan fingerprint density at radius 1 is 1.19 bits per heavy atom. The summed E-state index contributed by atoms with van der Waals surface area (Å²) in [6.07, 6.45) is 4.06. The average molecular weight is 395 g/mol. The van der Waals surface area contributed by atoms with Gasteiger partial charge in [-0.05, 0) is 18.9 Å². The van der Waals surface area contributed by atoms with Crippen molar-refractivity contribution < 1.29 is 22.3 Å². The highest BCUT2D eigenvalue weighted by Crippen LogP contribution is 2.37. The molecule has 1 N–H and O–H groups in total. The number of nitrogens with one attached hydrogen (secondary N) is 1. The minimum Gasteiger partial charge on any atom is -0.497 e. The minimum atomic E-state index is -3.62. The highest BCUT2D eigenvalue weighted by Gasteiger charge is 2.39. The van der Waals surface area contributed by atoms with Gasteiger partial charge in [-0.1, -0.05) is 12.5 Å². The van der Waals surface area contributed by atoms with E-state index in [-0.39, 0.29) is 12.5 Å². The van der Waals surface area contributed by atoms with E-state index in [9.17, 15) is 12.8 Å². The first-order chi connectivity index (χ1) is 12.9. The van der Waals surface area contributed by atoms with Gasteiger partial charge < -0.3 is 9.47 Å². The van der Waals surface area contributed by atoms with Crippen LogP contribution in [0.4, 0.5) is 4.39 Å². The molecule has 1 saturated carbocycles. The molecule has 0 bridgehead atoms. The molecule has 2 aromatic rings. The van der Waals surface area contributed by atoms with Crippen LogP contribution >= 0.6 is 0 Å². The largest absolute Gasteiger partial charge is 0.497 e. The lowest BCUT2D eigenvalue weighted by Crippen LogP contribution is -2.36. The van der Waals surface area contributed by atoms with Crippen LogP contribution in [0.25, 0.3) is 0 Å². The Balaban J connectivity index is 1.75. The predicted octanol–water partition coefficient (Wildman–Crippen LogP) is 2.39. The number of hydrogen-bond acceptors (Lipinski definition) is 6. The first-order valence-corrected chi connectivity index (χ1v) is 10.2. The SMILES string of the molecule is COc1ccc(CNS(=O)(=O)[C@H]2CCC[C@@H]2c2ncc(F)cn2)c(OC)c1. The summed E-state index contributed by atoms with van der Waals surface area (Å²) in [5.41, 5.74) is 0.703. The molecule has 27 heavy (non-hydrogen) atoms. The standard InChI is InChI=1S/C18H22FN3O4S/c1-25-14-7-6-12(16(8-14)26-2)9-22-27(23,24)17-5-3-4-15(17)18-20-10-13(19)11-21-18/h6-8,10-11,15,17,22H,3-5,9H2,1-2H3/t15-,17-/m0/s1. The number of rotatable bonds is 7. The number of sulfonamides is 1. The molecule has 0 amide bonds. The van der Waals surface area contributed by atoms with E-state index < -0.39 is 21.1 Å². The zero-order chi connectivity index (χ0) is 19.4. The summed E-state index contributed by atoms with van der Waals surface area (Å²) < 4.78 is 51.9. The van der Waals surface area contributed by atoms with Crippen LogP contribution < -0.4 is 14.2 Å². The molecule has 3 rings (SSSR count). The summed E-state index contributed by atoms with van der Waals surface area (Å²) in [5.74, 6) is 0.651. The third-order valence-corrected chi connectivity index (χ3v) is 6.69. The average Bonchev–Trinajstić information content (AvgIpc) is 3.17. The molecule has 1 aromatic carbocycles. The van der Waals surface area contributed by atoms with Crippen LogP contribution in [0.1, 0.15) is 36.6 Å². The lowest BCUT2D eigenvalue weighted by atomic mass is 10.1. The second-order valence-electron chi connectivity index (χ2n) is 6.38. The van der Waals surface area contributed by atoms with Crippen molar-refractivity contribution in [2.75, 3.05) is 14.2 Å². The summed E-state index contributed by atoms with van der Waals surface area (Å²) in [7, 11) is -0.547. The van der Waals surface area contributed by atoms with E-state index in [1.807, 2.05) is 0 Å². The molecular formula is C18H22FN3O4S. The second-order valence-corrected chi connectivity index (χ2v) is 8.36. The molecule has 1 fully saturated rings. The van der Waals surface area contributed by atoms with Gasteiger partial charge in [-0.25, -0.2) is 27.5 Å². The lowest BCUT2D eigenvalue weighted by molar-refractivity contribution is 0.390. The van der Waals surface area contributed by atoms with Gasteiger partial charge in [0.1, 0.15) is 17.3 Å². The fraction of sp³-hybridized carbons (Fsp3) is 0.444. The van der Waals surface area contributed by atoms with Gasteiger partial charge in [-0.15, -0.1) is 0 Å². The van der Waals surface area contributed by atoms with E-state index in [4.69, 9.17) is 9.47 Å². The number of ether oxygens (including phenoxy) is 2. The Hall–Kier alpha value is -2.26. The minimum absolute atomic E-state index is 0.100. The Bertz CT molecular complexity index is 890. The van der Waals surface area contributed by atoms with Crippen molar-refractivity contribution in [2.45, 2.75) is 37.0 Å². The number of halogens is 1. The van der Waals surface area contributed by atoms with Gasteiger partial charge in [0.15, 0.2) is 5.82 Å². The van der Waals surface area contributed by atoms with Crippen LogP contribution in [-0.4, -0.2) is 37.9 Å². The van der Waals surface area contributed by atoms with Crippen molar-refractivity contribution in [1.82, 2.24) is 14.7 Å². The smallest absolute Gasteiger partial charge is 0.215 e. The third kappa shape index (κ3) is 4.36. The fourth-order valence-electron chi connectivity index (χ4n) is 3.39. The maximum atomic E-state index is 13.1. The van der Waals surface area contributed by atoms with Crippen LogP contribution in [0.3, 0.4) is 0 Å². The van der Waals surface area contributed by atoms with Crippen LogP contribution in [0.2, 0.25) is 0 Å². The van der Waals surface area contributed by atoms with Gasteiger partial charge in [-0.3, -0.25) is 0 Å². The lowest BCUT2D eigenvalue weighted by Gasteiger charge is -2.20. The van der Waals surface area contributed by atoms with Crippen LogP contribution in [0.5, 0.6) is 11.5 Å². The molecule has 0 spiro atoms. The third-order valence-electron chi connectivity index (χ3n) is 4.78. The second kappa shape index (κ2) is 8.18. The summed E-state index contributed by atoms with van der Waals surface area (Å²) >= 11 is 0. The molecule has 146 valence electrons. The first kappa shape index (κ1) is 19.5. The van der Waals surface area contributed by atoms with Gasteiger partial charge in [0.25, 0.3) is 0 Å². The van der Waals surface area contributed by atoms with E-state index in [0.717, 1.165) is 18.8 Å².